The van der Waals surface area contributed by atoms with Crippen molar-refractivity contribution in [2.45, 2.75) is 52.6 Å². The highest BCUT2D eigenvalue weighted by molar-refractivity contribution is 14.0. The van der Waals surface area contributed by atoms with Crippen molar-refractivity contribution in [1.82, 2.24) is 16.0 Å². The highest BCUT2D eigenvalue weighted by atomic mass is 127. The van der Waals surface area contributed by atoms with E-state index in [1.807, 2.05) is 27.7 Å². The maximum absolute atomic E-state index is 12.1. The van der Waals surface area contributed by atoms with E-state index in [1.165, 1.54) is 0 Å². The van der Waals surface area contributed by atoms with Crippen LogP contribution in [0.3, 0.4) is 0 Å². The topological polar surface area (TPSA) is 74.8 Å². The molecule has 0 radical (unpaired) electrons. The summed E-state index contributed by atoms with van der Waals surface area (Å²) in [6.07, 6.45) is -4.33. The number of alkyl halides is 3. The molecule has 0 atom stereocenters. The summed E-state index contributed by atoms with van der Waals surface area (Å²) in [5.74, 6) is 0.366. The van der Waals surface area contributed by atoms with Crippen molar-refractivity contribution >= 4 is 35.8 Å². The highest BCUT2D eigenvalue weighted by Gasteiger charge is 2.27. The van der Waals surface area contributed by atoms with Gasteiger partial charge in [0.05, 0.1) is 19.7 Å². The molecule has 0 aliphatic carbocycles. The van der Waals surface area contributed by atoms with Crippen molar-refractivity contribution in [2.75, 3.05) is 19.7 Å². The van der Waals surface area contributed by atoms with Crippen LogP contribution in [0.15, 0.2) is 29.3 Å². The molecule has 0 saturated heterocycles. The summed E-state index contributed by atoms with van der Waals surface area (Å²) in [4.78, 5) is 16.3. The number of rotatable bonds is 8. The van der Waals surface area contributed by atoms with Gasteiger partial charge in [0.15, 0.2) is 5.96 Å². The maximum atomic E-state index is 12.1. The first-order chi connectivity index (χ1) is 13.0. The first-order valence-electron chi connectivity index (χ1n) is 9.04. The number of aliphatic imine (C=N–C) groups is 1. The molecule has 29 heavy (non-hydrogen) atoms. The Balaban J connectivity index is 0.00000784. The number of carbonyl (C=O) groups is 1. The van der Waals surface area contributed by atoms with Gasteiger partial charge in [-0.25, -0.2) is 4.99 Å². The molecule has 0 aromatic heterocycles. The normalized spacial score (nSPS) is 12.2. The van der Waals surface area contributed by atoms with E-state index >= 15 is 0 Å². The van der Waals surface area contributed by atoms with E-state index in [2.05, 4.69) is 25.7 Å². The van der Waals surface area contributed by atoms with Crippen molar-refractivity contribution in [3.8, 4) is 0 Å². The summed E-state index contributed by atoms with van der Waals surface area (Å²) in [7, 11) is 0. The molecule has 0 heterocycles. The van der Waals surface area contributed by atoms with Gasteiger partial charge in [0.2, 0.25) is 5.91 Å². The molecule has 0 bridgehead atoms. The lowest BCUT2D eigenvalue weighted by Gasteiger charge is -2.21. The quantitative estimate of drug-likeness (QED) is 0.274. The van der Waals surface area contributed by atoms with Crippen LogP contribution < -0.4 is 16.0 Å². The van der Waals surface area contributed by atoms with Crippen LogP contribution in [-0.4, -0.2) is 43.3 Å². The van der Waals surface area contributed by atoms with Crippen molar-refractivity contribution < 1.29 is 22.7 Å². The fourth-order valence-corrected chi connectivity index (χ4v) is 2.16. The minimum Gasteiger partial charge on any atom is -0.367 e. The number of ether oxygens (including phenoxy) is 1. The smallest absolute Gasteiger partial charge is 0.367 e. The average molecular weight is 530 g/mol. The molecular weight excluding hydrogens is 500 g/mol. The first kappa shape index (κ1) is 27.4. The van der Waals surface area contributed by atoms with Gasteiger partial charge in [-0.05, 0) is 38.8 Å². The zero-order valence-corrected chi connectivity index (χ0v) is 19.5. The maximum Gasteiger partial charge on any atom is 0.411 e. The van der Waals surface area contributed by atoms with Crippen LogP contribution in [0.5, 0.6) is 0 Å². The Morgan fingerprint density at radius 1 is 1.07 bits per heavy atom. The van der Waals surface area contributed by atoms with E-state index in [0.717, 1.165) is 5.56 Å². The molecule has 1 amide bonds. The van der Waals surface area contributed by atoms with Gasteiger partial charge in [-0.2, -0.15) is 13.2 Å². The Hall–Kier alpha value is -1.56. The Bertz CT molecular complexity index is 644. The van der Waals surface area contributed by atoms with Gasteiger partial charge in [-0.3, -0.25) is 4.79 Å². The second kappa shape index (κ2) is 12.9. The van der Waals surface area contributed by atoms with Crippen LogP contribution >= 0.6 is 24.0 Å². The molecule has 3 N–H and O–H groups in total. The molecule has 1 rings (SSSR count). The minimum atomic E-state index is -4.33. The molecular formula is C19H30F3IN4O2. The fraction of sp³-hybridized carbons (Fsp3) is 0.579. The average Bonchev–Trinajstić information content (AvgIpc) is 2.56. The molecule has 0 unspecified atom stereocenters. The zero-order valence-electron chi connectivity index (χ0n) is 17.2. The summed E-state index contributed by atoms with van der Waals surface area (Å²) in [6.45, 7) is 7.37. The molecule has 0 saturated carbocycles. The monoisotopic (exact) mass is 530 g/mol. The van der Waals surface area contributed by atoms with Crippen molar-refractivity contribution in [1.29, 1.82) is 0 Å². The Kier molecular flexibility index (Phi) is 12.2. The third kappa shape index (κ3) is 14.1. The number of carbonyl (C=O) groups excluding carboxylic acids is 1. The van der Waals surface area contributed by atoms with E-state index < -0.39 is 12.8 Å². The predicted octanol–water partition coefficient (Wildman–Crippen LogP) is 3.35. The van der Waals surface area contributed by atoms with Crippen LogP contribution in [0.25, 0.3) is 0 Å². The number of benzene rings is 1. The number of amides is 1. The van der Waals surface area contributed by atoms with Crippen LogP contribution in [0, 0.1) is 0 Å². The summed E-state index contributed by atoms with van der Waals surface area (Å²) in [5.41, 5.74) is 1.23. The number of halogens is 4. The lowest BCUT2D eigenvalue weighted by Crippen LogP contribution is -2.48. The molecule has 0 aliphatic heterocycles. The van der Waals surface area contributed by atoms with Gasteiger partial charge >= 0.3 is 6.18 Å². The van der Waals surface area contributed by atoms with E-state index in [4.69, 9.17) is 0 Å². The number of hydrogen-bond donors (Lipinski definition) is 3. The molecule has 166 valence electrons. The van der Waals surface area contributed by atoms with Gasteiger partial charge in [0.1, 0.15) is 6.61 Å². The molecule has 0 fully saturated rings. The van der Waals surface area contributed by atoms with E-state index in [0.29, 0.717) is 24.6 Å². The Morgan fingerprint density at radius 3 is 2.17 bits per heavy atom. The van der Waals surface area contributed by atoms with Gasteiger partial charge in [-0.15, -0.1) is 24.0 Å². The van der Waals surface area contributed by atoms with Crippen LogP contribution in [0.2, 0.25) is 0 Å². The standard InChI is InChI=1S/C19H29F3N4O2.HI/c1-5-23-17(25-11-16(27)26-18(2,3)4)24-10-14-6-8-15(9-7-14)12-28-13-19(20,21)22;/h6-9H,5,10-13H2,1-4H3,(H,26,27)(H2,23,24,25);1H. The number of nitrogens with one attached hydrogen (secondary N) is 3. The summed E-state index contributed by atoms with van der Waals surface area (Å²) < 4.78 is 40.9. The highest BCUT2D eigenvalue weighted by Crippen LogP contribution is 2.16. The third-order valence-electron chi connectivity index (χ3n) is 3.25. The Labute approximate surface area is 187 Å². The molecule has 10 heteroatoms. The van der Waals surface area contributed by atoms with E-state index in [1.54, 1.807) is 24.3 Å². The first-order valence-corrected chi connectivity index (χ1v) is 9.04. The van der Waals surface area contributed by atoms with Crippen molar-refractivity contribution in [3.63, 3.8) is 0 Å². The molecule has 1 aromatic rings. The lowest BCUT2D eigenvalue weighted by atomic mass is 10.1. The number of hydrogen-bond acceptors (Lipinski definition) is 3. The summed E-state index contributed by atoms with van der Waals surface area (Å²) in [5, 5.41) is 8.88. The molecule has 0 aliphatic rings. The Morgan fingerprint density at radius 2 is 1.66 bits per heavy atom. The fourth-order valence-electron chi connectivity index (χ4n) is 2.16. The van der Waals surface area contributed by atoms with Gasteiger partial charge in [0.25, 0.3) is 0 Å². The molecule has 6 nitrogen and oxygen atoms in total. The summed E-state index contributed by atoms with van der Waals surface area (Å²) in [6, 6.07) is 6.98. The molecule has 0 spiro atoms. The third-order valence-corrected chi connectivity index (χ3v) is 3.25. The number of guanidine groups is 1. The SMILES string of the molecule is CCNC(=NCc1ccc(COCC(F)(F)F)cc1)NCC(=O)NC(C)(C)C.I. The van der Waals surface area contributed by atoms with E-state index in [-0.39, 0.29) is 48.6 Å². The van der Waals surface area contributed by atoms with Crippen molar-refractivity contribution in [3.05, 3.63) is 35.4 Å². The van der Waals surface area contributed by atoms with Gasteiger partial charge in [0, 0.05) is 12.1 Å². The van der Waals surface area contributed by atoms with Gasteiger partial charge < -0.3 is 20.7 Å². The minimum absolute atomic E-state index is 0. The summed E-state index contributed by atoms with van der Waals surface area (Å²) >= 11 is 0. The lowest BCUT2D eigenvalue weighted by molar-refractivity contribution is -0.176. The second-order valence-corrected chi connectivity index (χ2v) is 7.27. The van der Waals surface area contributed by atoms with Crippen LogP contribution in [0.4, 0.5) is 13.2 Å². The number of nitrogens with zero attached hydrogens (tertiary/aromatic N) is 1. The predicted molar refractivity (Wildman–Crippen MR) is 118 cm³/mol. The van der Waals surface area contributed by atoms with Crippen LogP contribution in [0.1, 0.15) is 38.8 Å². The largest absolute Gasteiger partial charge is 0.411 e. The van der Waals surface area contributed by atoms with E-state index in [9.17, 15) is 18.0 Å². The van der Waals surface area contributed by atoms with Crippen molar-refractivity contribution in [2.24, 2.45) is 4.99 Å². The second-order valence-electron chi connectivity index (χ2n) is 7.27. The van der Waals surface area contributed by atoms with Crippen LogP contribution in [-0.2, 0) is 22.7 Å². The zero-order chi connectivity index (χ0) is 21.2. The molecule has 1 aromatic carbocycles. The van der Waals surface area contributed by atoms with Gasteiger partial charge in [-0.1, -0.05) is 24.3 Å².